The van der Waals surface area contributed by atoms with E-state index in [-0.39, 0.29) is 55.3 Å². The summed E-state index contributed by atoms with van der Waals surface area (Å²) in [6.07, 6.45) is 1.00. The number of nitrogens with two attached hydrogens (primary N) is 2. The number of nitrogens with one attached hydrogen (secondary N) is 4. The average Bonchev–Trinajstić information content (AvgIpc) is 1.76. The molecule has 0 spiro atoms. The number of para-hydroxylation sites is 2. The number of aromatic nitrogens is 6. The van der Waals surface area contributed by atoms with Crippen molar-refractivity contribution in [2.24, 2.45) is 10.3 Å². The van der Waals surface area contributed by atoms with E-state index in [0.29, 0.717) is 54.0 Å². The first-order chi connectivity index (χ1) is 44.4. The van der Waals surface area contributed by atoms with E-state index < -0.39 is 83.2 Å². The van der Waals surface area contributed by atoms with Crippen molar-refractivity contribution < 1.29 is 78.3 Å². The van der Waals surface area contributed by atoms with Crippen LogP contribution in [0.25, 0.3) is 32.9 Å². The van der Waals surface area contributed by atoms with Crippen molar-refractivity contribution >= 4 is 99.5 Å². The first-order valence-electron chi connectivity index (χ1n) is 29.2. The van der Waals surface area contributed by atoms with Crippen LogP contribution in [-0.2, 0) is 51.8 Å². The number of benzene rings is 4. The number of alkyl halides is 9. The molecular weight excluding hydrogens is 1330 g/mol. The number of sulfonamides is 2. The molecule has 23 nitrogen and oxygen atoms in total. The van der Waals surface area contributed by atoms with Crippen LogP contribution in [-0.4, -0.2) is 141 Å². The molecule has 3 fully saturated rings. The van der Waals surface area contributed by atoms with Crippen molar-refractivity contribution in [1.82, 2.24) is 39.7 Å². The van der Waals surface area contributed by atoms with Gasteiger partial charge in [-0.2, -0.15) is 47.9 Å². The summed E-state index contributed by atoms with van der Waals surface area (Å²) >= 11 is 0. The maximum absolute atomic E-state index is 14.0. The number of nitrogens with zero attached hydrogens (tertiary/aromatic N) is 8. The Morgan fingerprint density at radius 3 is 1.44 bits per heavy atom. The van der Waals surface area contributed by atoms with Crippen LogP contribution in [0.15, 0.2) is 132 Å². The topological polar surface area (TPSA) is 314 Å². The number of primary sulfonamides is 2. The molecule has 0 unspecified atom stereocenters. The fourth-order valence-electron chi connectivity index (χ4n) is 9.98. The van der Waals surface area contributed by atoms with Gasteiger partial charge >= 0.3 is 35.1 Å². The molecule has 8 N–H and O–H groups in total. The molecule has 7 heterocycles. The monoisotopic (exact) mass is 1390 g/mol. The number of pyridine rings is 2. The summed E-state index contributed by atoms with van der Waals surface area (Å²) in [5.41, 5.74) is -6.39. The zero-order valence-electron chi connectivity index (χ0n) is 51.1. The quantitative estimate of drug-likeness (QED) is 0.0201. The fraction of sp³-hybridized carbons (Fsp3) is 0.356. The third-order valence-electron chi connectivity index (χ3n) is 15.6. The zero-order chi connectivity index (χ0) is 68.9. The average molecular weight is 1390 g/mol. The number of anilines is 6. The molecule has 8 aromatic rings. The van der Waals surface area contributed by atoms with Gasteiger partial charge in [0.1, 0.15) is 17.2 Å². The van der Waals surface area contributed by atoms with E-state index in [2.05, 4.69) is 65.2 Å². The minimum absolute atomic E-state index is 0.0447. The maximum Gasteiger partial charge on any atom is 0.534 e. The molecule has 0 aliphatic carbocycles. The Bertz CT molecular complexity index is 4390. The van der Waals surface area contributed by atoms with Crippen LogP contribution in [0.4, 0.5) is 74.4 Å². The van der Waals surface area contributed by atoms with E-state index in [9.17, 15) is 64.8 Å². The smallest absolute Gasteiger partial charge is 0.399 e. The molecule has 0 saturated carbocycles. The second kappa shape index (κ2) is 28.3. The largest absolute Gasteiger partial charge is 0.534 e. The SMILES string of the molecule is CC1(C)OB(c2cnc(NCCN3CCCC3)c(C(F)(F)F)c2)OC1(C)C.NS(=O)(=O)c1ccc(Nc2ncc3cccc(-c4cnc(NCCN5CCCC5)c(C(F)(F)F)c4)c3n2)cc1.NS(=O)(=O)c1ccc(Nc2ncc3cccc(OS(=O)(=O)C(F)(F)F)c3n2)cc1. The third-order valence-corrected chi connectivity index (χ3v) is 18.5. The molecule has 4 aromatic heterocycles. The number of hydrogen-bond acceptors (Lipinski definition) is 21. The van der Waals surface area contributed by atoms with Gasteiger partial charge in [0.25, 0.3) is 0 Å². The van der Waals surface area contributed by atoms with E-state index in [0.717, 1.165) is 70.1 Å². The number of hydrogen-bond donors (Lipinski definition) is 6. The number of fused-ring (bicyclic) bond motifs is 2. The van der Waals surface area contributed by atoms with Gasteiger partial charge in [-0.05, 0) is 146 Å². The Morgan fingerprint density at radius 2 is 0.989 bits per heavy atom. The Morgan fingerprint density at radius 1 is 0.558 bits per heavy atom. The van der Waals surface area contributed by atoms with E-state index in [1.807, 2.05) is 27.7 Å². The van der Waals surface area contributed by atoms with Crippen LogP contribution in [0.3, 0.4) is 0 Å². The molecule has 0 amide bonds. The maximum atomic E-state index is 14.0. The number of rotatable bonds is 18. The Hall–Kier alpha value is -8.10. The summed E-state index contributed by atoms with van der Waals surface area (Å²) in [6.45, 7) is 13.5. The molecule has 95 heavy (non-hydrogen) atoms. The first-order valence-corrected chi connectivity index (χ1v) is 33.7. The second-order valence-corrected chi connectivity index (χ2v) is 27.7. The van der Waals surface area contributed by atoms with E-state index in [4.69, 9.17) is 19.6 Å². The Kier molecular flexibility index (Phi) is 21.2. The van der Waals surface area contributed by atoms with Crippen molar-refractivity contribution in [3.63, 3.8) is 0 Å². The molecule has 0 bridgehead atoms. The summed E-state index contributed by atoms with van der Waals surface area (Å²) < 4.78 is 205. The zero-order valence-corrected chi connectivity index (χ0v) is 53.6. The van der Waals surface area contributed by atoms with Gasteiger partial charge in [-0.25, -0.2) is 57.0 Å². The molecule has 508 valence electrons. The lowest BCUT2D eigenvalue weighted by Gasteiger charge is -2.32. The number of halogens is 9. The molecule has 3 aliphatic heterocycles. The van der Waals surface area contributed by atoms with Crippen molar-refractivity contribution in [3.05, 3.63) is 133 Å². The lowest BCUT2D eigenvalue weighted by atomic mass is 9.79. The molecule has 0 atom stereocenters. The molecule has 3 aliphatic rings. The molecule has 0 radical (unpaired) electrons. The van der Waals surface area contributed by atoms with Crippen LogP contribution >= 0.6 is 0 Å². The summed E-state index contributed by atoms with van der Waals surface area (Å²) in [7, 11) is -14.5. The lowest BCUT2D eigenvalue weighted by Crippen LogP contribution is -2.41. The predicted molar refractivity (Wildman–Crippen MR) is 338 cm³/mol. The van der Waals surface area contributed by atoms with Gasteiger partial charge in [-0.3, -0.25) is 0 Å². The fourth-order valence-corrected chi connectivity index (χ4v) is 11.5. The highest BCUT2D eigenvalue weighted by atomic mass is 32.2. The highest BCUT2D eigenvalue weighted by Gasteiger charge is 2.53. The van der Waals surface area contributed by atoms with Gasteiger partial charge in [0.15, 0.2) is 5.75 Å². The molecule has 3 saturated heterocycles. The van der Waals surface area contributed by atoms with E-state index >= 15 is 0 Å². The van der Waals surface area contributed by atoms with Gasteiger partial charge in [0.05, 0.1) is 37.6 Å². The highest BCUT2D eigenvalue weighted by molar-refractivity contribution is 7.89. The standard InChI is InChI=1S/C26H26F3N7O2S.C18H27BF3N3O2.C15H11F3N4O5S2/c27-26(28,29)22-14-18(16-32-24(22)31-10-13-36-11-1-2-12-36)21-5-3-4-17-15-33-25(35-23(17)21)34-19-6-8-20(9-7-19)39(30,37)38;1-16(2)17(3,4)27-19(26-16)13-11-14(18(20,21)22)15(24-12-13)23-7-10-25-8-5-6-9-25;16-15(17,18)29(25,26)27-12-3-1-2-9-8-20-14(22-13(9)12)21-10-4-6-11(7-5-10)28(19,23)24/h3-9,14-16H,1-2,10-13H2,(H,31,32)(H2,30,37,38)(H,33,34,35);11-12H,5-10H2,1-4H3,(H,23,24);1-8H,(H2,19,23,24)(H,20,21,22). The number of likely N-dealkylation sites (tertiary alicyclic amines) is 2. The van der Waals surface area contributed by atoms with Gasteiger partial charge in [0, 0.05) is 89.7 Å². The van der Waals surface area contributed by atoms with Crippen LogP contribution in [0, 0.1) is 0 Å². The van der Waals surface area contributed by atoms with Crippen molar-refractivity contribution in [1.29, 1.82) is 0 Å². The third kappa shape index (κ3) is 18.1. The van der Waals surface area contributed by atoms with Gasteiger partial charge in [0.2, 0.25) is 31.9 Å². The minimum Gasteiger partial charge on any atom is -0.399 e. The first kappa shape index (κ1) is 71.2. The minimum atomic E-state index is -5.88. The summed E-state index contributed by atoms with van der Waals surface area (Å²) in [6, 6.07) is 22.0. The van der Waals surface area contributed by atoms with Gasteiger partial charge in [-0.1, -0.05) is 30.3 Å². The van der Waals surface area contributed by atoms with Gasteiger partial charge < -0.3 is 44.6 Å². The second-order valence-electron chi connectivity index (χ2n) is 23.0. The van der Waals surface area contributed by atoms with E-state index in [1.54, 1.807) is 24.4 Å². The predicted octanol–water partition coefficient (Wildman–Crippen LogP) is 9.77. The molecular formula is C59H64BF9N14O9S3. The Balaban J connectivity index is 0.000000171. The van der Waals surface area contributed by atoms with Crippen LogP contribution in [0.2, 0.25) is 0 Å². The van der Waals surface area contributed by atoms with Crippen molar-refractivity contribution in [2.75, 3.05) is 73.6 Å². The van der Waals surface area contributed by atoms with E-state index in [1.165, 1.54) is 79.3 Å². The summed E-state index contributed by atoms with van der Waals surface area (Å²) in [5, 5.41) is 22.4. The van der Waals surface area contributed by atoms with Gasteiger partial charge in [-0.15, -0.1) is 0 Å². The normalized spacial score (nSPS) is 16.2. The van der Waals surface area contributed by atoms with Crippen LogP contribution in [0.1, 0.15) is 64.5 Å². The lowest BCUT2D eigenvalue weighted by molar-refractivity contribution is -0.138. The van der Waals surface area contributed by atoms with Crippen LogP contribution < -0.4 is 41.2 Å². The van der Waals surface area contributed by atoms with Crippen molar-refractivity contribution in [2.45, 2.75) is 92.2 Å². The highest BCUT2D eigenvalue weighted by Crippen LogP contribution is 2.40. The summed E-state index contributed by atoms with van der Waals surface area (Å²) in [4.78, 5) is 29.2. The molecule has 36 heteroatoms. The summed E-state index contributed by atoms with van der Waals surface area (Å²) in [5.74, 6) is -0.897. The molecule has 11 rings (SSSR count). The Labute approximate surface area is 541 Å². The molecule has 4 aromatic carbocycles. The van der Waals surface area contributed by atoms with Crippen LogP contribution in [0.5, 0.6) is 5.75 Å². The van der Waals surface area contributed by atoms with Crippen molar-refractivity contribution in [3.8, 4) is 16.9 Å².